The molecule has 1 heterocycles. The van der Waals surface area contributed by atoms with Crippen molar-refractivity contribution < 1.29 is 13.2 Å². The van der Waals surface area contributed by atoms with E-state index in [1.807, 2.05) is 6.92 Å². The molecule has 0 aliphatic rings. The molecule has 0 bridgehead atoms. The van der Waals surface area contributed by atoms with Crippen LogP contribution in [0.2, 0.25) is 0 Å². The molecule has 0 aliphatic heterocycles. The van der Waals surface area contributed by atoms with E-state index in [1.165, 1.54) is 6.07 Å². The summed E-state index contributed by atoms with van der Waals surface area (Å²) in [5.41, 5.74) is 0.731. The molecule has 1 aromatic carbocycles. The van der Waals surface area contributed by atoms with Crippen molar-refractivity contribution in [3.8, 4) is 0 Å². The number of hydrogen-bond donors (Lipinski definition) is 0. The highest BCUT2D eigenvalue weighted by molar-refractivity contribution is 5.18. The summed E-state index contributed by atoms with van der Waals surface area (Å²) in [6.07, 6.45) is 2.80. The lowest BCUT2D eigenvalue weighted by molar-refractivity contribution is 0.469. The minimum atomic E-state index is -0.823. The Labute approximate surface area is 91.9 Å². The molecule has 0 fully saturated rings. The minimum Gasteiger partial charge on any atom is -0.446 e. The van der Waals surface area contributed by atoms with Gasteiger partial charge in [-0.15, -0.1) is 0 Å². The zero-order valence-electron chi connectivity index (χ0n) is 8.84. The molecule has 0 saturated heterocycles. The van der Waals surface area contributed by atoms with Gasteiger partial charge in [0.2, 0.25) is 0 Å². The maximum Gasteiger partial charge on any atom is 0.194 e. The fraction of sp³-hybridized carbons (Fsp3) is 0.250. The molecular formula is C12H11F2NO. The molecule has 0 spiro atoms. The normalized spacial score (nSPS) is 10.7. The average Bonchev–Trinajstić information content (AvgIpc) is 2.66. The van der Waals surface area contributed by atoms with Gasteiger partial charge in [0.05, 0.1) is 6.20 Å². The Morgan fingerprint density at radius 2 is 2.00 bits per heavy atom. The lowest BCUT2D eigenvalue weighted by Crippen LogP contribution is -1.93. The van der Waals surface area contributed by atoms with Crippen LogP contribution in [0.4, 0.5) is 8.78 Å². The van der Waals surface area contributed by atoms with E-state index in [0.717, 1.165) is 17.4 Å². The molecule has 0 aliphatic carbocycles. The summed E-state index contributed by atoms with van der Waals surface area (Å²) < 4.78 is 30.8. The third-order valence-electron chi connectivity index (χ3n) is 2.28. The number of rotatable bonds is 3. The average molecular weight is 223 g/mol. The Kier molecular flexibility index (Phi) is 2.99. The van der Waals surface area contributed by atoms with E-state index in [2.05, 4.69) is 4.98 Å². The van der Waals surface area contributed by atoms with Crippen molar-refractivity contribution in [3.63, 3.8) is 0 Å². The lowest BCUT2D eigenvalue weighted by Gasteiger charge is -1.99. The first kappa shape index (κ1) is 10.8. The second-order valence-electron chi connectivity index (χ2n) is 3.61. The Bertz CT molecular complexity index is 494. The van der Waals surface area contributed by atoms with E-state index in [-0.39, 0.29) is 0 Å². The van der Waals surface area contributed by atoms with Crippen molar-refractivity contribution in [2.45, 2.75) is 19.8 Å². The summed E-state index contributed by atoms with van der Waals surface area (Å²) in [4.78, 5) is 4.04. The Balaban J connectivity index is 2.02. The number of oxazole rings is 1. The summed E-state index contributed by atoms with van der Waals surface area (Å²) in [5, 5.41) is 0. The smallest absolute Gasteiger partial charge is 0.194 e. The van der Waals surface area contributed by atoms with Crippen LogP contribution in [-0.2, 0) is 12.8 Å². The zero-order valence-corrected chi connectivity index (χ0v) is 8.84. The summed E-state index contributed by atoms with van der Waals surface area (Å²) in [6.45, 7) is 1.81. The standard InChI is InChI=1S/C12H11F2NO/c1-8-7-15-12(16-8)5-3-9-2-4-10(13)11(14)6-9/h2,4,6-7H,3,5H2,1H3. The molecule has 0 amide bonds. The van der Waals surface area contributed by atoms with Crippen LogP contribution in [0.1, 0.15) is 17.2 Å². The summed E-state index contributed by atoms with van der Waals surface area (Å²) in [5.74, 6) is -0.278. The molecule has 84 valence electrons. The number of halogens is 2. The maximum atomic E-state index is 12.9. The first-order valence-corrected chi connectivity index (χ1v) is 5.00. The van der Waals surface area contributed by atoms with Gasteiger partial charge in [-0.3, -0.25) is 0 Å². The molecule has 2 rings (SSSR count). The predicted molar refractivity (Wildman–Crippen MR) is 55.0 cm³/mol. The van der Waals surface area contributed by atoms with Gasteiger partial charge in [0.15, 0.2) is 17.5 Å². The molecule has 4 heteroatoms. The molecule has 16 heavy (non-hydrogen) atoms. The van der Waals surface area contributed by atoms with Crippen LogP contribution in [0.3, 0.4) is 0 Å². The van der Waals surface area contributed by atoms with Crippen LogP contribution in [0.25, 0.3) is 0 Å². The number of aryl methyl sites for hydroxylation is 3. The van der Waals surface area contributed by atoms with Gasteiger partial charge in [0, 0.05) is 6.42 Å². The summed E-state index contributed by atoms with van der Waals surface area (Å²) in [7, 11) is 0. The maximum absolute atomic E-state index is 12.9. The minimum absolute atomic E-state index is 0.581. The molecule has 2 nitrogen and oxygen atoms in total. The van der Waals surface area contributed by atoms with E-state index in [4.69, 9.17) is 4.42 Å². The Hall–Kier alpha value is -1.71. The van der Waals surface area contributed by atoms with Crippen LogP contribution in [-0.4, -0.2) is 4.98 Å². The van der Waals surface area contributed by atoms with Crippen LogP contribution >= 0.6 is 0 Å². The van der Waals surface area contributed by atoms with E-state index in [9.17, 15) is 8.78 Å². The molecule has 0 saturated carbocycles. The van der Waals surface area contributed by atoms with E-state index in [0.29, 0.717) is 18.7 Å². The third kappa shape index (κ3) is 2.45. The predicted octanol–water partition coefficient (Wildman–Crippen LogP) is 3.05. The highest BCUT2D eigenvalue weighted by Gasteiger charge is 2.05. The molecular weight excluding hydrogens is 212 g/mol. The third-order valence-corrected chi connectivity index (χ3v) is 2.28. The molecule has 0 unspecified atom stereocenters. The highest BCUT2D eigenvalue weighted by Crippen LogP contribution is 2.11. The van der Waals surface area contributed by atoms with Gasteiger partial charge in [0.1, 0.15) is 5.76 Å². The molecule has 0 radical (unpaired) electrons. The fourth-order valence-electron chi connectivity index (χ4n) is 1.46. The molecule has 2 aromatic rings. The van der Waals surface area contributed by atoms with Gasteiger partial charge in [-0.25, -0.2) is 13.8 Å². The van der Waals surface area contributed by atoms with Gasteiger partial charge in [0.25, 0.3) is 0 Å². The lowest BCUT2D eigenvalue weighted by atomic mass is 10.1. The number of aromatic nitrogens is 1. The number of hydrogen-bond acceptors (Lipinski definition) is 2. The SMILES string of the molecule is Cc1cnc(CCc2ccc(F)c(F)c2)o1. The molecule has 0 N–H and O–H groups in total. The zero-order chi connectivity index (χ0) is 11.5. The second-order valence-corrected chi connectivity index (χ2v) is 3.61. The van der Waals surface area contributed by atoms with Crippen molar-refractivity contribution in [1.29, 1.82) is 0 Å². The number of nitrogens with zero attached hydrogens (tertiary/aromatic N) is 1. The fourth-order valence-corrected chi connectivity index (χ4v) is 1.46. The molecule has 1 aromatic heterocycles. The van der Waals surface area contributed by atoms with Gasteiger partial charge in [-0.1, -0.05) is 6.07 Å². The quantitative estimate of drug-likeness (QED) is 0.799. The van der Waals surface area contributed by atoms with Crippen molar-refractivity contribution in [2.75, 3.05) is 0 Å². The van der Waals surface area contributed by atoms with Gasteiger partial charge >= 0.3 is 0 Å². The van der Waals surface area contributed by atoms with Crippen molar-refractivity contribution in [2.24, 2.45) is 0 Å². The van der Waals surface area contributed by atoms with Crippen LogP contribution < -0.4 is 0 Å². The topological polar surface area (TPSA) is 26.0 Å². The van der Waals surface area contributed by atoms with Gasteiger partial charge < -0.3 is 4.42 Å². The second kappa shape index (κ2) is 4.43. The van der Waals surface area contributed by atoms with E-state index in [1.54, 1.807) is 12.3 Å². The summed E-state index contributed by atoms with van der Waals surface area (Å²) in [6, 6.07) is 3.89. The van der Waals surface area contributed by atoms with Crippen molar-refractivity contribution >= 4 is 0 Å². The van der Waals surface area contributed by atoms with Gasteiger partial charge in [-0.2, -0.15) is 0 Å². The Morgan fingerprint density at radius 3 is 2.62 bits per heavy atom. The van der Waals surface area contributed by atoms with E-state index < -0.39 is 11.6 Å². The van der Waals surface area contributed by atoms with Crippen LogP contribution in [0.5, 0.6) is 0 Å². The highest BCUT2D eigenvalue weighted by atomic mass is 19.2. The van der Waals surface area contributed by atoms with Gasteiger partial charge in [-0.05, 0) is 31.0 Å². The Morgan fingerprint density at radius 1 is 1.19 bits per heavy atom. The first-order valence-electron chi connectivity index (χ1n) is 5.00. The molecule has 0 atom stereocenters. The van der Waals surface area contributed by atoms with Crippen LogP contribution in [0.15, 0.2) is 28.8 Å². The first-order chi connectivity index (χ1) is 7.65. The van der Waals surface area contributed by atoms with Crippen molar-refractivity contribution in [3.05, 3.63) is 53.2 Å². The summed E-state index contributed by atoms with van der Waals surface area (Å²) >= 11 is 0. The van der Waals surface area contributed by atoms with Crippen molar-refractivity contribution in [1.82, 2.24) is 4.98 Å². The largest absolute Gasteiger partial charge is 0.446 e. The van der Waals surface area contributed by atoms with Crippen LogP contribution in [0, 0.1) is 18.6 Å². The monoisotopic (exact) mass is 223 g/mol. The van der Waals surface area contributed by atoms with E-state index >= 15 is 0 Å². The number of benzene rings is 1.